The van der Waals surface area contributed by atoms with Gasteiger partial charge in [0.05, 0.1) is 0 Å². The average molecular weight is 1880 g/mol. The molecule has 28 N–H and O–H groups in total. The Morgan fingerprint density at radius 2 is 0.195 bits per heavy atom. The molecule has 0 amide bonds. The molecule has 0 fully saturated rings. The minimum atomic E-state index is -1.21. The first-order chi connectivity index (χ1) is 63.9. The first-order valence-corrected chi connectivity index (χ1v) is 37.4. The highest BCUT2D eigenvalue weighted by molar-refractivity contribution is 5.78. The molecule has 14 aliphatic carbocycles. The first-order valence-electron chi connectivity index (χ1n) is 37.4. The number of carbonyl (C=O) groups excluding carboxylic acids is 14. The van der Waals surface area contributed by atoms with E-state index in [0.29, 0.717) is 0 Å². The van der Waals surface area contributed by atoms with Gasteiger partial charge in [-0.3, -0.25) is 0 Å². The van der Waals surface area contributed by atoms with Gasteiger partial charge in [0.25, 0.3) is 0 Å². The smallest absolute Gasteiger partial charge is 0.362 e. The van der Waals surface area contributed by atoms with Crippen molar-refractivity contribution in [3.63, 3.8) is 0 Å². The highest BCUT2D eigenvalue weighted by Gasteiger charge is 2.31. The minimum Gasteiger partial charge on any atom is -0.482 e. The molecule has 56 nitrogen and oxygen atoms in total. The molecule has 0 spiro atoms. The second-order valence-electron chi connectivity index (χ2n) is 26.6. The fraction of sp³-hybridized carbons (Fsp3) is 0.273. The summed E-state index contributed by atoms with van der Waals surface area (Å²) in [4.78, 5) is 245. The van der Waals surface area contributed by atoms with Gasteiger partial charge in [-0.05, 0) is 84.9 Å². The topological polar surface area (TPSA) is 862 Å². The van der Waals surface area contributed by atoms with E-state index in [4.69, 9.17) is 149 Å². The summed E-state index contributed by atoms with van der Waals surface area (Å²) in [6.07, 6.45) is -3.98. The van der Waals surface area contributed by atoms with Gasteiger partial charge in [0.1, 0.15) is 80.5 Å². The van der Waals surface area contributed by atoms with Crippen LogP contribution in [0.4, 0.5) is 0 Å². The molecular weight excluding hydrogens is 1790 g/mol. The zero-order valence-electron chi connectivity index (χ0n) is 69.2. The first kappa shape index (κ1) is 102. The maximum Gasteiger partial charge on any atom is 0.362 e. The van der Waals surface area contributed by atoms with Crippen LogP contribution in [-0.2, 0) is 180 Å². The number of benzene rings is 7. The molecule has 0 radical (unpaired) electrons. The van der Waals surface area contributed by atoms with Gasteiger partial charge in [0.15, 0.2) is 92.5 Å². The normalized spacial score (nSPS) is 11.3. The molecular formula is C77H84N14O42. The van der Waals surface area contributed by atoms with Crippen molar-refractivity contribution in [2.45, 2.75) is 44.9 Å². The standard InChI is InChI=1S/C77H84N14O42/c78-120-64(92)22-106-50-10-38-2-40-12-56(112-28-70(98)126-84)42(14-54(40)110-26-68(96)124-82)4-44-16-60(116-32-74(102)130-88)46(18-58(44)114-30-72(100)128-86)6-48-20-63(119-35-77(105)133-91)49(21-62(48)118-34-76(104)132-90)7-47-19-59(115-31-73(101)129-87)45(17-61(47)117-33-75(103)131-89)5-43-15-55(111-27-69(97)125-83)41(13-57(43)113-29-71(99)127-85)3-39-11-51(107-23-65(93)121-79)37(9-53(39)109-25-67(95)123-81)1-36(50)8-52(38)108-24-66(94)122-80/h8-21H,1-7,22-35,78-91H2. The van der Waals surface area contributed by atoms with Crippen molar-refractivity contribution in [3.05, 3.63) is 163 Å². The van der Waals surface area contributed by atoms with Gasteiger partial charge >= 0.3 is 83.6 Å². The van der Waals surface area contributed by atoms with E-state index in [1.165, 1.54) is 84.9 Å². The third kappa shape index (κ3) is 30.5. The summed E-state index contributed by atoms with van der Waals surface area (Å²) in [5, 5.41) is 0. The summed E-state index contributed by atoms with van der Waals surface area (Å²) in [7, 11) is 0. The number of ether oxygens (including phenoxy) is 14. The van der Waals surface area contributed by atoms with Crippen molar-refractivity contribution in [1.82, 2.24) is 0 Å². The lowest BCUT2D eigenvalue weighted by Crippen LogP contribution is -2.21. The van der Waals surface area contributed by atoms with Gasteiger partial charge in [-0.15, -0.1) is 0 Å². The SMILES string of the molecule is NOC(=O)COc1cc2c(OCC(=O)ON)cc1Cc1cc(OCC(=O)ON)c(cc1OCC(=O)ON)Cc1cc(OCC(=O)ON)c(cc1OCC(=O)ON)Cc1cc(OCC(=O)ON)c(cc1OCC(=O)ON)Cc1cc(OCC(=O)ON)c(cc1OCC(=O)ON)Cc1cc(OCC(=O)ON)c(cc1OCC(=O)ON)Cc1cc(OCC(=O)ON)c(cc1OCC(=O)ON)C2. The lowest BCUT2D eigenvalue weighted by atomic mass is 9.93. The van der Waals surface area contributed by atoms with Gasteiger partial charge in [-0.2, -0.15) is 82.6 Å². The molecule has 14 aliphatic rings. The van der Waals surface area contributed by atoms with E-state index in [9.17, 15) is 67.1 Å². The Hall–Kier alpha value is -16.2. The zero-order chi connectivity index (χ0) is 96.8. The summed E-state index contributed by atoms with van der Waals surface area (Å²) in [6.45, 7) is -14.1. The van der Waals surface area contributed by atoms with Crippen LogP contribution in [0.2, 0.25) is 0 Å². The summed E-state index contributed by atoms with van der Waals surface area (Å²) in [5.74, 6) is 52.9. The van der Waals surface area contributed by atoms with E-state index in [0.717, 1.165) is 0 Å². The van der Waals surface area contributed by atoms with Gasteiger partial charge in [0, 0.05) is 123 Å². The number of hydrogen-bond acceptors (Lipinski definition) is 56. The third-order valence-corrected chi connectivity index (χ3v) is 18.0. The lowest BCUT2D eigenvalue weighted by molar-refractivity contribution is -0.147. The Bertz CT molecular complexity index is 4210. The predicted molar refractivity (Wildman–Crippen MR) is 426 cm³/mol. The van der Waals surface area contributed by atoms with Crippen molar-refractivity contribution >= 4 is 83.6 Å². The van der Waals surface area contributed by atoms with Crippen LogP contribution in [0.25, 0.3) is 0 Å². The van der Waals surface area contributed by atoms with Crippen molar-refractivity contribution < 1.29 is 201 Å². The lowest BCUT2D eigenvalue weighted by Gasteiger charge is -2.22. The minimum absolute atomic E-state index is 0.0845. The number of rotatable bonds is 42. The largest absolute Gasteiger partial charge is 0.482 e. The average Bonchev–Trinajstić information content (AvgIpc) is 0.804. The van der Waals surface area contributed by atoms with Crippen molar-refractivity contribution in [3.8, 4) is 80.5 Å². The van der Waals surface area contributed by atoms with E-state index < -0.39 is 221 Å². The van der Waals surface area contributed by atoms with E-state index in [-0.39, 0.29) is 158 Å². The summed E-state index contributed by atoms with van der Waals surface area (Å²) >= 11 is 0. The molecule has 14 bridgehead atoms. The van der Waals surface area contributed by atoms with Crippen molar-refractivity contribution in [2.24, 2.45) is 82.6 Å². The molecule has 0 atom stereocenters. The van der Waals surface area contributed by atoms with Crippen LogP contribution < -0.4 is 149 Å². The van der Waals surface area contributed by atoms with Gasteiger partial charge < -0.3 is 134 Å². The maximum absolute atomic E-state index is 13.1. The second kappa shape index (κ2) is 51.1. The molecule has 21 rings (SSSR count). The number of nitrogens with two attached hydrogens (primary N) is 14. The van der Waals surface area contributed by atoms with Crippen molar-refractivity contribution in [1.29, 1.82) is 0 Å². The fourth-order valence-electron chi connectivity index (χ4n) is 12.2. The molecule has 0 saturated carbocycles. The summed E-state index contributed by atoms with van der Waals surface area (Å²) < 4.78 is 85.5. The molecule has 714 valence electrons. The van der Waals surface area contributed by atoms with Gasteiger partial charge in [-0.25, -0.2) is 67.1 Å². The highest BCUT2D eigenvalue weighted by atomic mass is 16.7. The van der Waals surface area contributed by atoms with E-state index >= 15 is 0 Å². The molecule has 0 aliphatic heterocycles. The molecule has 133 heavy (non-hydrogen) atoms. The highest BCUT2D eigenvalue weighted by Crippen LogP contribution is 2.45. The summed E-state index contributed by atoms with van der Waals surface area (Å²) in [5.41, 5.74) is -1.18. The van der Waals surface area contributed by atoms with Crippen LogP contribution in [0, 0.1) is 0 Å². The number of carbonyl (C=O) groups is 14. The molecule has 0 saturated heterocycles. The van der Waals surface area contributed by atoms with E-state index in [1.54, 1.807) is 0 Å². The van der Waals surface area contributed by atoms with E-state index in [2.05, 4.69) is 67.7 Å². The molecule has 0 aromatic heterocycles. The monoisotopic (exact) mass is 1880 g/mol. The van der Waals surface area contributed by atoms with Crippen LogP contribution in [-0.4, -0.2) is 176 Å². The number of hydrogen-bond donors (Lipinski definition) is 14. The van der Waals surface area contributed by atoms with E-state index in [1.807, 2.05) is 0 Å². The van der Waals surface area contributed by atoms with Crippen LogP contribution in [0.3, 0.4) is 0 Å². The molecule has 7 aromatic carbocycles. The van der Waals surface area contributed by atoms with Crippen molar-refractivity contribution in [2.75, 3.05) is 92.5 Å². The van der Waals surface area contributed by atoms with Crippen LogP contribution in [0.5, 0.6) is 80.5 Å². The molecule has 0 heterocycles. The second-order valence-corrected chi connectivity index (χ2v) is 26.6. The molecule has 56 heteroatoms. The molecule has 0 unspecified atom stereocenters. The fourth-order valence-corrected chi connectivity index (χ4v) is 12.2. The Morgan fingerprint density at radius 1 is 0.135 bits per heavy atom. The summed E-state index contributed by atoms with van der Waals surface area (Å²) in [6, 6.07) is 17.1. The zero-order valence-corrected chi connectivity index (χ0v) is 69.2. The van der Waals surface area contributed by atoms with Crippen LogP contribution in [0.15, 0.2) is 84.9 Å². The Balaban J connectivity index is 1.60. The van der Waals surface area contributed by atoms with Crippen LogP contribution in [0.1, 0.15) is 77.9 Å². The van der Waals surface area contributed by atoms with Gasteiger partial charge in [0.2, 0.25) is 0 Å². The van der Waals surface area contributed by atoms with Crippen LogP contribution >= 0.6 is 0 Å². The Kier molecular flexibility index (Phi) is 39.2. The Labute approximate surface area is 745 Å². The quantitative estimate of drug-likeness (QED) is 0.0159. The predicted octanol–water partition coefficient (Wildman–Crippen LogP) is -5.72. The Morgan fingerprint density at radius 3 is 0.248 bits per heavy atom. The van der Waals surface area contributed by atoms with Gasteiger partial charge in [-0.1, -0.05) is 0 Å². The maximum atomic E-state index is 13.1. The molecule has 7 aromatic rings. The third-order valence-electron chi connectivity index (χ3n) is 18.0.